The molecule has 0 radical (unpaired) electrons. The molecule has 0 N–H and O–H groups in total. The molecule has 1 aliphatic carbocycles. The van der Waals surface area contributed by atoms with Gasteiger partial charge in [0.05, 0.1) is 0 Å². The summed E-state index contributed by atoms with van der Waals surface area (Å²) in [7, 11) is 0. The Morgan fingerprint density at radius 1 is 1.27 bits per heavy atom. The normalized spacial score (nSPS) is 42.7. The van der Waals surface area contributed by atoms with E-state index in [4.69, 9.17) is 0 Å². The first-order valence-corrected chi connectivity index (χ1v) is 4.02. The molecule has 11 heavy (non-hydrogen) atoms. The van der Waals surface area contributed by atoms with E-state index in [2.05, 4.69) is 0 Å². The first-order chi connectivity index (χ1) is 5.10. The lowest BCUT2D eigenvalue weighted by molar-refractivity contribution is -0.138. The van der Waals surface area contributed by atoms with Crippen molar-refractivity contribution in [2.45, 2.75) is 33.1 Å². The van der Waals surface area contributed by atoms with E-state index in [-0.39, 0.29) is 10.8 Å². The molecule has 0 saturated heterocycles. The average molecular weight is 154 g/mol. The first-order valence-electron chi connectivity index (χ1n) is 4.02. The van der Waals surface area contributed by atoms with Gasteiger partial charge in [-0.2, -0.15) is 0 Å². The van der Waals surface area contributed by atoms with Gasteiger partial charge in [0, 0.05) is 10.8 Å². The van der Waals surface area contributed by atoms with E-state index >= 15 is 0 Å². The fraction of sp³-hybridized carbons (Fsp3) is 0.778. The highest BCUT2D eigenvalue weighted by atomic mass is 16.1. The zero-order valence-electron chi connectivity index (χ0n) is 7.09. The minimum atomic E-state index is -0.211. The number of carbonyl (C=O) groups is 2. The molecule has 0 unspecified atom stereocenters. The molecule has 0 amide bonds. The molecule has 2 nitrogen and oxygen atoms in total. The summed E-state index contributed by atoms with van der Waals surface area (Å²) in [6, 6.07) is 0. The predicted molar refractivity (Wildman–Crippen MR) is 42.2 cm³/mol. The van der Waals surface area contributed by atoms with Crippen LogP contribution >= 0.6 is 0 Å². The number of rotatable bonds is 3. The van der Waals surface area contributed by atoms with Gasteiger partial charge in [0.2, 0.25) is 0 Å². The highest BCUT2D eigenvalue weighted by Gasteiger charge is 2.50. The zero-order valence-corrected chi connectivity index (χ0v) is 7.09. The van der Waals surface area contributed by atoms with Crippen molar-refractivity contribution in [3.63, 3.8) is 0 Å². The number of aldehydes is 2. The zero-order chi connectivity index (χ0) is 8.54. The SMILES string of the molecule is CCC1(C=O)CC(C)(C=O)C1. The molecule has 1 saturated carbocycles. The van der Waals surface area contributed by atoms with E-state index in [0.29, 0.717) is 0 Å². The van der Waals surface area contributed by atoms with E-state index in [0.717, 1.165) is 31.8 Å². The van der Waals surface area contributed by atoms with Crippen LogP contribution in [0.25, 0.3) is 0 Å². The largest absolute Gasteiger partial charge is 0.303 e. The molecule has 62 valence electrons. The van der Waals surface area contributed by atoms with Gasteiger partial charge >= 0.3 is 0 Å². The van der Waals surface area contributed by atoms with Crippen molar-refractivity contribution in [2.75, 3.05) is 0 Å². The molecule has 0 aliphatic heterocycles. The summed E-state index contributed by atoms with van der Waals surface area (Å²) in [6.45, 7) is 3.91. The van der Waals surface area contributed by atoms with Crippen molar-refractivity contribution in [3.8, 4) is 0 Å². The summed E-state index contributed by atoms with van der Waals surface area (Å²) < 4.78 is 0. The fourth-order valence-electron chi connectivity index (χ4n) is 2.06. The van der Waals surface area contributed by atoms with Gasteiger partial charge in [-0.1, -0.05) is 13.8 Å². The molecule has 0 heterocycles. The van der Waals surface area contributed by atoms with Crippen molar-refractivity contribution < 1.29 is 9.59 Å². The lowest BCUT2D eigenvalue weighted by atomic mass is 9.54. The van der Waals surface area contributed by atoms with Gasteiger partial charge < -0.3 is 9.59 Å². The van der Waals surface area contributed by atoms with Crippen LogP contribution in [0.3, 0.4) is 0 Å². The van der Waals surface area contributed by atoms with Crippen LogP contribution in [0.15, 0.2) is 0 Å². The van der Waals surface area contributed by atoms with Gasteiger partial charge in [-0.25, -0.2) is 0 Å². The van der Waals surface area contributed by atoms with E-state index in [1.54, 1.807) is 0 Å². The Hall–Kier alpha value is -0.660. The van der Waals surface area contributed by atoms with Crippen LogP contribution in [0.4, 0.5) is 0 Å². The van der Waals surface area contributed by atoms with Gasteiger partial charge in [0.15, 0.2) is 0 Å². The predicted octanol–water partition coefficient (Wildman–Crippen LogP) is 1.58. The van der Waals surface area contributed by atoms with Crippen molar-refractivity contribution in [2.24, 2.45) is 10.8 Å². The molecule has 0 aromatic heterocycles. The Kier molecular flexibility index (Phi) is 1.87. The maximum absolute atomic E-state index is 10.6. The molecule has 0 aromatic carbocycles. The lowest BCUT2D eigenvalue weighted by Crippen LogP contribution is -2.46. The van der Waals surface area contributed by atoms with Crippen molar-refractivity contribution in [3.05, 3.63) is 0 Å². The standard InChI is InChI=1S/C9H14O2/c1-3-9(7-11)4-8(2,5-9)6-10/h6-7H,3-5H2,1-2H3. The molecule has 0 atom stereocenters. The van der Waals surface area contributed by atoms with Crippen LogP contribution in [0.2, 0.25) is 0 Å². The summed E-state index contributed by atoms with van der Waals surface area (Å²) >= 11 is 0. The van der Waals surface area contributed by atoms with Crippen molar-refractivity contribution in [1.29, 1.82) is 0 Å². The van der Waals surface area contributed by atoms with Gasteiger partial charge in [0.25, 0.3) is 0 Å². The molecular weight excluding hydrogens is 140 g/mol. The van der Waals surface area contributed by atoms with Crippen molar-refractivity contribution >= 4 is 12.6 Å². The second-order valence-electron chi connectivity index (χ2n) is 3.96. The Bertz CT molecular complexity index is 178. The van der Waals surface area contributed by atoms with Crippen molar-refractivity contribution in [1.82, 2.24) is 0 Å². The smallest absolute Gasteiger partial charge is 0.126 e. The maximum Gasteiger partial charge on any atom is 0.126 e. The quantitative estimate of drug-likeness (QED) is 0.578. The Balaban J connectivity index is 2.60. The maximum atomic E-state index is 10.6. The lowest BCUT2D eigenvalue weighted by Gasteiger charge is -2.48. The first kappa shape index (κ1) is 8.44. The van der Waals surface area contributed by atoms with Crippen LogP contribution in [0.1, 0.15) is 33.1 Å². The molecule has 0 aromatic rings. The molecule has 1 aliphatic rings. The monoisotopic (exact) mass is 154 g/mol. The van der Waals surface area contributed by atoms with E-state index in [1.165, 1.54) is 0 Å². The van der Waals surface area contributed by atoms with Gasteiger partial charge in [-0.15, -0.1) is 0 Å². The van der Waals surface area contributed by atoms with Crippen LogP contribution in [-0.4, -0.2) is 12.6 Å². The molecule has 0 spiro atoms. The third-order valence-corrected chi connectivity index (χ3v) is 2.75. The minimum absolute atomic E-state index is 0.171. The highest BCUT2D eigenvalue weighted by molar-refractivity contribution is 5.70. The third-order valence-electron chi connectivity index (χ3n) is 2.75. The van der Waals surface area contributed by atoms with Gasteiger partial charge in [-0.05, 0) is 19.3 Å². The Morgan fingerprint density at radius 2 is 1.82 bits per heavy atom. The van der Waals surface area contributed by atoms with Crippen LogP contribution in [0, 0.1) is 10.8 Å². The molecule has 1 fully saturated rings. The van der Waals surface area contributed by atoms with Crippen LogP contribution in [-0.2, 0) is 9.59 Å². The second kappa shape index (κ2) is 2.43. The summed E-state index contributed by atoms with van der Waals surface area (Å²) in [5.41, 5.74) is -0.382. The second-order valence-corrected chi connectivity index (χ2v) is 3.96. The highest BCUT2D eigenvalue weighted by Crippen LogP contribution is 2.53. The summed E-state index contributed by atoms with van der Waals surface area (Å²) in [5.74, 6) is 0. The van der Waals surface area contributed by atoms with E-state index in [1.807, 2.05) is 13.8 Å². The topological polar surface area (TPSA) is 34.1 Å². The molecule has 2 heteroatoms. The van der Waals surface area contributed by atoms with E-state index < -0.39 is 0 Å². The summed E-state index contributed by atoms with van der Waals surface area (Å²) in [5, 5.41) is 0. The average Bonchev–Trinajstić information content (AvgIpc) is 1.98. The molecule has 0 bridgehead atoms. The third kappa shape index (κ3) is 1.22. The number of carbonyl (C=O) groups excluding carboxylic acids is 2. The summed E-state index contributed by atoms with van der Waals surface area (Å²) in [4.78, 5) is 21.1. The Labute approximate surface area is 67.0 Å². The molecule has 1 rings (SSSR count). The van der Waals surface area contributed by atoms with Crippen LogP contribution < -0.4 is 0 Å². The fourth-order valence-corrected chi connectivity index (χ4v) is 2.06. The van der Waals surface area contributed by atoms with Gasteiger partial charge in [-0.3, -0.25) is 0 Å². The van der Waals surface area contributed by atoms with Crippen LogP contribution in [0.5, 0.6) is 0 Å². The summed E-state index contributed by atoms with van der Waals surface area (Å²) in [6.07, 6.45) is 4.33. The van der Waals surface area contributed by atoms with Gasteiger partial charge in [0.1, 0.15) is 12.6 Å². The molecular formula is C9H14O2. The van der Waals surface area contributed by atoms with E-state index in [9.17, 15) is 9.59 Å². The Morgan fingerprint density at radius 3 is 2.09 bits per heavy atom. The number of hydrogen-bond donors (Lipinski definition) is 0. The minimum Gasteiger partial charge on any atom is -0.303 e. The number of hydrogen-bond acceptors (Lipinski definition) is 2.